The highest BCUT2D eigenvalue weighted by molar-refractivity contribution is 5.92. The van der Waals surface area contributed by atoms with Crippen molar-refractivity contribution in [2.24, 2.45) is 5.92 Å². The lowest BCUT2D eigenvalue weighted by Gasteiger charge is -2.23. The quantitative estimate of drug-likeness (QED) is 0.776. The summed E-state index contributed by atoms with van der Waals surface area (Å²) in [5.74, 6) is -0.548. The number of carbonyl (C=O) groups is 2. The van der Waals surface area contributed by atoms with E-state index in [4.69, 9.17) is 0 Å². The third kappa shape index (κ3) is 6.09. The number of halogens is 1. The minimum atomic E-state index is -0.445. The van der Waals surface area contributed by atoms with E-state index >= 15 is 0 Å². The summed E-state index contributed by atoms with van der Waals surface area (Å²) in [6.07, 6.45) is 0. The van der Waals surface area contributed by atoms with Crippen molar-refractivity contribution in [3.63, 3.8) is 0 Å². The van der Waals surface area contributed by atoms with Crippen LogP contribution < -0.4 is 10.6 Å². The fraction of sp³-hybridized carbons (Fsp3) is 0.333. The summed E-state index contributed by atoms with van der Waals surface area (Å²) in [6, 6.07) is 13.0. The maximum atomic E-state index is 13.3. The van der Waals surface area contributed by atoms with Crippen LogP contribution in [0.3, 0.4) is 0 Å². The average molecular weight is 371 g/mol. The van der Waals surface area contributed by atoms with Crippen LogP contribution in [-0.4, -0.2) is 29.8 Å². The van der Waals surface area contributed by atoms with Crippen LogP contribution in [-0.2, 0) is 16.1 Å². The number of nitrogens with zero attached hydrogens (tertiary/aromatic N) is 1. The van der Waals surface area contributed by atoms with Gasteiger partial charge in [0.15, 0.2) is 0 Å². The predicted octanol–water partition coefficient (Wildman–Crippen LogP) is 3.88. The van der Waals surface area contributed by atoms with E-state index in [-0.39, 0.29) is 23.5 Å². The number of anilines is 2. The molecular weight excluding hydrogens is 345 g/mol. The molecule has 2 amide bonds. The molecule has 0 aliphatic heterocycles. The number of rotatable bonds is 7. The molecule has 0 spiro atoms. The molecule has 6 heteroatoms. The maximum absolute atomic E-state index is 13.3. The molecule has 0 fully saturated rings. The predicted molar refractivity (Wildman–Crippen MR) is 106 cm³/mol. The second-order valence-corrected chi connectivity index (χ2v) is 6.91. The summed E-state index contributed by atoms with van der Waals surface area (Å²) in [6.45, 7) is 5.78. The van der Waals surface area contributed by atoms with Crippen molar-refractivity contribution in [3.05, 3.63) is 59.9 Å². The largest absolute Gasteiger partial charge is 0.374 e. The summed E-state index contributed by atoms with van der Waals surface area (Å²) in [5, 5.41) is 5.97. The van der Waals surface area contributed by atoms with Crippen molar-refractivity contribution in [1.82, 2.24) is 4.90 Å². The van der Waals surface area contributed by atoms with Crippen LogP contribution in [0.1, 0.15) is 26.3 Å². The highest BCUT2D eigenvalue weighted by Crippen LogP contribution is 2.16. The molecule has 0 aliphatic rings. The minimum absolute atomic E-state index is 0.0433. The van der Waals surface area contributed by atoms with Gasteiger partial charge in [0.1, 0.15) is 11.9 Å². The van der Waals surface area contributed by atoms with Gasteiger partial charge in [0.2, 0.25) is 11.8 Å². The maximum Gasteiger partial charge on any atom is 0.244 e. The van der Waals surface area contributed by atoms with E-state index in [0.717, 1.165) is 11.3 Å². The Morgan fingerprint density at radius 1 is 1.04 bits per heavy atom. The lowest BCUT2D eigenvalue weighted by Crippen LogP contribution is -2.38. The summed E-state index contributed by atoms with van der Waals surface area (Å²) in [5.41, 5.74) is 2.22. The van der Waals surface area contributed by atoms with Crippen LogP contribution in [0.5, 0.6) is 0 Å². The van der Waals surface area contributed by atoms with Crippen LogP contribution in [0.2, 0.25) is 0 Å². The van der Waals surface area contributed by atoms with Gasteiger partial charge in [-0.3, -0.25) is 9.59 Å². The molecule has 2 aromatic carbocycles. The second-order valence-electron chi connectivity index (χ2n) is 6.91. The van der Waals surface area contributed by atoms with Gasteiger partial charge < -0.3 is 15.5 Å². The molecule has 144 valence electrons. The van der Waals surface area contributed by atoms with Gasteiger partial charge in [0.25, 0.3) is 0 Å². The first-order chi connectivity index (χ1) is 12.8. The van der Waals surface area contributed by atoms with Gasteiger partial charge in [-0.15, -0.1) is 0 Å². The topological polar surface area (TPSA) is 61.4 Å². The standard InChI is InChI=1S/C21H26FN3O2/c1-14(2)20(26)24-19-10-8-18(9-11-19)23-15(3)21(27)25(4)13-16-6-5-7-17(22)12-16/h5-12,14-15,23H,13H2,1-4H3,(H,24,26). The molecule has 1 unspecified atom stereocenters. The molecule has 0 bridgehead atoms. The van der Waals surface area contributed by atoms with Crippen molar-refractivity contribution in [2.75, 3.05) is 17.7 Å². The van der Waals surface area contributed by atoms with Gasteiger partial charge in [0.05, 0.1) is 0 Å². The normalized spacial score (nSPS) is 11.8. The highest BCUT2D eigenvalue weighted by atomic mass is 19.1. The van der Waals surface area contributed by atoms with Crippen LogP contribution in [0.25, 0.3) is 0 Å². The van der Waals surface area contributed by atoms with Gasteiger partial charge in [0, 0.05) is 30.9 Å². The Balaban J connectivity index is 1.92. The fourth-order valence-electron chi connectivity index (χ4n) is 2.57. The molecule has 2 N–H and O–H groups in total. The van der Waals surface area contributed by atoms with Crippen molar-refractivity contribution in [2.45, 2.75) is 33.4 Å². The molecule has 1 atom stereocenters. The average Bonchev–Trinajstić information content (AvgIpc) is 2.62. The number of hydrogen-bond donors (Lipinski definition) is 2. The van der Waals surface area contributed by atoms with Crippen molar-refractivity contribution in [3.8, 4) is 0 Å². The SMILES string of the molecule is CC(C)C(=O)Nc1ccc(NC(C)C(=O)N(C)Cc2cccc(F)c2)cc1. The van der Waals surface area contributed by atoms with Crippen molar-refractivity contribution >= 4 is 23.2 Å². The fourth-order valence-corrected chi connectivity index (χ4v) is 2.57. The third-order valence-corrected chi connectivity index (χ3v) is 4.12. The smallest absolute Gasteiger partial charge is 0.244 e. The van der Waals surface area contributed by atoms with E-state index in [1.165, 1.54) is 12.1 Å². The number of benzene rings is 2. The molecule has 5 nitrogen and oxygen atoms in total. The molecule has 0 aliphatic carbocycles. The van der Waals surface area contributed by atoms with Crippen molar-refractivity contribution < 1.29 is 14.0 Å². The van der Waals surface area contributed by atoms with Gasteiger partial charge >= 0.3 is 0 Å². The molecule has 27 heavy (non-hydrogen) atoms. The molecule has 0 radical (unpaired) electrons. The summed E-state index contributed by atoms with van der Waals surface area (Å²) in [4.78, 5) is 25.8. The van der Waals surface area contributed by atoms with E-state index < -0.39 is 6.04 Å². The van der Waals surface area contributed by atoms with Crippen molar-refractivity contribution in [1.29, 1.82) is 0 Å². The van der Waals surface area contributed by atoms with E-state index in [0.29, 0.717) is 12.2 Å². The number of nitrogens with one attached hydrogen (secondary N) is 2. The minimum Gasteiger partial charge on any atom is -0.374 e. The summed E-state index contributed by atoms with van der Waals surface area (Å²) >= 11 is 0. The molecular formula is C21H26FN3O2. The second kappa shape index (κ2) is 9.16. The van der Waals surface area contributed by atoms with Crippen LogP contribution in [0.4, 0.5) is 15.8 Å². The Morgan fingerprint density at radius 2 is 1.67 bits per heavy atom. The third-order valence-electron chi connectivity index (χ3n) is 4.12. The molecule has 0 heterocycles. The van der Waals surface area contributed by atoms with E-state index in [2.05, 4.69) is 10.6 Å². The Bertz CT molecular complexity index is 790. The zero-order chi connectivity index (χ0) is 20.0. The first kappa shape index (κ1) is 20.4. The molecule has 0 aromatic heterocycles. The number of carbonyl (C=O) groups excluding carboxylic acids is 2. The zero-order valence-corrected chi connectivity index (χ0v) is 16.1. The highest BCUT2D eigenvalue weighted by Gasteiger charge is 2.17. The first-order valence-electron chi connectivity index (χ1n) is 8.93. The Kier molecular flexibility index (Phi) is 6.93. The van der Waals surface area contributed by atoms with Gasteiger partial charge in [-0.2, -0.15) is 0 Å². The Labute approximate surface area is 159 Å². The van der Waals surface area contributed by atoms with Gasteiger partial charge in [-0.25, -0.2) is 4.39 Å². The number of hydrogen-bond acceptors (Lipinski definition) is 3. The number of likely N-dealkylation sites (N-methyl/N-ethyl adjacent to an activating group) is 1. The Hall–Kier alpha value is -2.89. The molecule has 2 rings (SSSR count). The molecule has 2 aromatic rings. The van der Waals surface area contributed by atoms with Gasteiger partial charge in [-0.05, 0) is 48.9 Å². The zero-order valence-electron chi connectivity index (χ0n) is 16.1. The van der Waals surface area contributed by atoms with Crippen LogP contribution in [0, 0.1) is 11.7 Å². The monoisotopic (exact) mass is 371 g/mol. The van der Waals surface area contributed by atoms with Gasteiger partial charge in [-0.1, -0.05) is 26.0 Å². The number of amides is 2. The van der Waals surface area contributed by atoms with Crippen LogP contribution in [0.15, 0.2) is 48.5 Å². The molecule has 0 saturated carbocycles. The van der Waals surface area contributed by atoms with Crippen LogP contribution >= 0.6 is 0 Å². The summed E-state index contributed by atoms with van der Waals surface area (Å²) in [7, 11) is 1.69. The van der Waals surface area contributed by atoms with E-state index in [1.54, 1.807) is 43.1 Å². The summed E-state index contributed by atoms with van der Waals surface area (Å²) < 4.78 is 13.3. The van der Waals surface area contributed by atoms with E-state index in [1.807, 2.05) is 26.0 Å². The lowest BCUT2D eigenvalue weighted by molar-refractivity contribution is -0.130. The molecule has 0 saturated heterocycles. The Morgan fingerprint density at radius 3 is 2.26 bits per heavy atom. The first-order valence-corrected chi connectivity index (χ1v) is 8.93. The lowest BCUT2D eigenvalue weighted by atomic mass is 10.2. The van der Waals surface area contributed by atoms with E-state index in [9.17, 15) is 14.0 Å².